The van der Waals surface area contributed by atoms with Gasteiger partial charge in [0.1, 0.15) is 5.82 Å². The van der Waals surface area contributed by atoms with Crippen LogP contribution in [0.3, 0.4) is 0 Å². The first-order valence-electron chi connectivity index (χ1n) is 7.01. The predicted molar refractivity (Wildman–Crippen MR) is 81.6 cm³/mol. The molecule has 0 atom stereocenters. The largest absolute Gasteiger partial charge is 0.309 e. The van der Waals surface area contributed by atoms with Crippen molar-refractivity contribution in [2.75, 3.05) is 0 Å². The first kappa shape index (κ1) is 14.5. The second-order valence-electron chi connectivity index (χ2n) is 5.17. The van der Waals surface area contributed by atoms with Crippen molar-refractivity contribution in [1.82, 2.24) is 15.3 Å². The van der Waals surface area contributed by atoms with Gasteiger partial charge in [-0.15, -0.1) is 0 Å². The highest BCUT2D eigenvalue weighted by Crippen LogP contribution is 2.15. The molecule has 2 aromatic rings. The van der Waals surface area contributed by atoms with E-state index in [2.05, 4.69) is 48.2 Å². The highest BCUT2D eigenvalue weighted by molar-refractivity contribution is 5.55. The molecule has 1 aromatic heterocycles. The molecule has 0 aliphatic heterocycles. The molecule has 0 unspecified atom stereocenters. The summed E-state index contributed by atoms with van der Waals surface area (Å²) >= 11 is 0. The van der Waals surface area contributed by atoms with Crippen LogP contribution in [-0.4, -0.2) is 16.0 Å². The Bertz CT molecular complexity index is 614. The van der Waals surface area contributed by atoms with Crippen LogP contribution in [0.4, 0.5) is 0 Å². The van der Waals surface area contributed by atoms with Crippen LogP contribution in [0.1, 0.15) is 32.0 Å². The Balaban J connectivity index is 2.28. The summed E-state index contributed by atoms with van der Waals surface area (Å²) in [7, 11) is 0. The molecule has 20 heavy (non-hydrogen) atoms. The van der Waals surface area contributed by atoms with Crippen LogP contribution in [0.2, 0.25) is 0 Å². The molecular weight excluding hydrogens is 250 g/mol. The van der Waals surface area contributed by atoms with Crippen molar-refractivity contribution < 1.29 is 0 Å². The van der Waals surface area contributed by atoms with Crippen molar-refractivity contribution in [2.24, 2.45) is 0 Å². The van der Waals surface area contributed by atoms with E-state index in [1.54, 1.807) is 6.07 Å². The fourth-order valence-corrected chi connectivity index (χ4v) is 1.94. The Labute approximate surface area is 119 Å². The van der Waals surface area contributed by atoms with E-state index < -0.39 is 0 Å². The van der Waals surface area contributed by atoms with Gasteiger partial charge in [0.15, 0.2) is 0 Å². The number of H-pyrrole nitrogens is 1. The van der Waals surface area contributed by atoms with E-state index in [0.29, 0.717) is 18.4 Å². The lowest BCUT2D eigenvalue weighted by Crippen LogP contribution is -2.24. The summed E-state index contributed by atoms with van der Waals surface area (Å²) < 4.78 is 0. The molecular formula is C16H21N3O. The van der Waals surface area contributed by atoms with Crippen LogP contribution in [-0.2, 0) is 13.0 Å². The molecule has 4 nitrogen and oxygen atoms in total. The summed E-state index contributed by atoms with van der Waals surface area (Å²) in [5.74, 6) is 0.626. The fraction of sp³-hybridized carbons (Fsp3) is 0.375. The normalized spacial score (nSPS) is 11.0. The van der Waals surface area contributed by atoms with Crippen molar-refractivity contribution in [3.8, 4) is 11.4 Å². The van der Waals surface area contributed by atoms with E-state index in [1.807, 2.05) is 12.1 Å². The smallest absolute Gasteiger partial charge is 0.251 e. The molecule has 2 rings (SSSR count). The number of hydrogen-bond donors (Lipinski definition) is 2. The van der Waals surface area contributed by atoms with Gasteiger partial charge in [-0.2, -0.15) is 0 Å². The first-order chi connectivity index (χ1) is 9.58. The van der Waals surface area contributed by atoms with Crippen molar-refractivity contribution >= 4 is 0 Å². The zero-order chi connectivity index (χ0) is 14.5. The maximum atomic E-state index is 11.7. The maximum absolute atomic E-state index is 11.7. The molecule has 0 radical (unpaired) electrons. The molecule has 0 saturated heterocycles. The number of aryl methyl sites for hydroxylation is 1. The second kappa shape index (κ2) is 6.48. The van der Waals surface area contributed by atoms with Gasteiger partial charge in [-0.05, 0) is 12.0 Å². The lowest BCUT2D eigenvalue weighted by Gasteiger charge is -2.08. The van der Waals surface area contributed by atoms with Crippen LogP contribution < -0.4 is 10.9 Å². The predicted octanol–water partition coefficient (Wildman–Crippen LogP) is 2.50. The lowest BCUT2D eigenvalue weighted by molar-refractivity contribution is 0.580. The molecule has 4 heteroatoms. The number of aromatic nitrogens is 2. The van der Waals surface area contributed by atoms with E-state index in [4.69, 9.17) is 0 Å². The third-order valence-electron chi connectivity index (χ3n) is 3.12. The van der Waals surface area contributed by atoms with Gasteiger partial charge in [0.25, 0.3) is 5.56 Å². The highest BCUT2D eigenvalue weighted by atomic mass is 16.1. The molecule has 0 saturated carbocycles. The molecule has 0 fully saturated rings. The minimum Gasteiger partial charge on any atom is -0.309 e. The van der Waals surface area contributed by atoms with Crippen molar-refractivity contribution in [3.63, 3.8) is 0 Å². The Morgan fingerprint density at radius 1 is 1.25 bits per heavy atom. The zero-order valence-corrected chi connectivity index (χ0v) is 12.2. The van der Waals surface area contributed by atoms with E-state index in [9.17, 15) is 4.79 Å². The number of rotatable bonds is 5. The van der Waals surface area contributed by atoms with Crippen LogP contribution >= 0.6 is 0 Å². The van der Waals surface area contributed by atoms with Crippen LogP contribution in [0.25, 0.3) is 11.4 Å². The van der Waals surface area contributed by atoms with Gasteiger partial charge < -0.3 is 10.3 Å². The molecule has 0 amide bonds. The lowest BCUT2D eigenvalue weighted by atomic mass is 10.1. The van der Waals surface area contributed by atoms with Gasteiger partial charge in [-0.1, -0.05) is 45.0 Å². The van der Waals surface area contributed by atoms with E-state index in [-0.39, 0.29) is 5.56 Å². The minimum absolute atomic E-state index is 0.116. The van der Waals surface area contributed by atoms with Crippen LogP contribution in [0.5, 0.6) is 0 Å². The first-order valence-corrected chi connectivity index (χ1v) is 7.01. The van der Waals surface area contributed by atoms with Crippen LogP contribution in [0, 0.1) is 0 Å². The van der Waals surface area contributed by atoms with E-state index in [0.717, 1.165) is 17.7 Å². The number of nitrogens with one attached hydrogen (secondary N) is 2. The molecule has 0 aliphatic rings. The molecule has 2 N–H and O–H groups in total. The quantitative estimate of drug-likeness (QED) is 0.878. The molecule has 1 heterocycles. The van der Waals surface area contributed by atoms with Crippen molar-refractivity contribution in [1.29, 1.82) is 0 Å². The van der Waals surface area contributed by atoms with Crippen molar-refractivity contribution in [2.45, 2.75) is 39.8 Å². The molecule has 0 spiro atoms. The third kappa shape index (κ3) is 3.78. The maximum Gasteiger partial charge on any atom is 0.251 e. The van der Waals surface area contributed by atoms with Gasteiger partial charge in [-0.3, -0.25) is 4.79 Å². The summed E-state index contributed by atoms with van der Waals surface area (Å²) in [6, 6.07) is 10.0. The Morgan fingerprint density at radius 3 is 2.55 bits per heavy atom. The average Bonchev–Trinajstić information content (AvgIpc) is 2.44. The summed E-state index contributed by atoms with van der Waals surface area (Å²) in [5, 5.41) is 3.27. The van der Waals surface area contributed by atoms with Gasteiger partial charge >= 0.3 is 0 Å². The van der Waals surface area contributed by atoms with Gasteiger partial charge in [-0.25, -0.2) is 4.98 Å². The average molecular weight is 271 g/mol. The fourth-order valence-electron chi connectivity index (χ4n) is 1.94. The summed E-state index contributed by atoms with van der Waals surface area (Å²) in [6.07, 6.45) is 1.00. The minimum atomic E-state index is -0.116. The highest BCUT2D eigenvalue weighted by Gasteiger charge is 2.05. The monoisotopic (exact) mass is 271 g/mol. The third-order valence-corrected chi connectivity index (χ3v) is 3.12. The number of nitrogens with zero attached hydrogens (tertiary/aromatic N) is 1. The van der Waals surface area contributed by atoms with Gasteiger partial charge in [0.05, 0.1) is 5.69 Å². The zero-order valence-electron chi connectivity index (χ0n) is 12.2. The number of aromatic amines is 1. The van der Waals surface area contributed by atoms with E-state index >= 15 is 0 Å². The topological polar surface area (TPSA) is 57.8 Å². The molecule has 0 aliphatic carbocycles. The Kier molecular flexibility index (Phi) is 4.69. The van der Waals surface area contributed by atoms with Gasteiger partial charge in [0.2, 0.25) is 0 Å². The molecule has 106 valence electrons. The van der Waals surface area contributed by atoms with Gasteiger partial charge in [0, 0.05) is 24.2 Å². The SMILES string of the molecule is CCc1ccc(-c2nc(CNC(C)C)cc(=O)[nH]2)cc1. The number of benzene rings is 1. The summed E-state index contributed by atoms with van der Waals surface area (Å²) in [6.45, 7) is 6.85. The molecule has 1 aromatic carbocycles. The molecule has 0 bridgehead atoms. The Morgan fingerprint density at radius 2 is 1.95 bits per heavy atom. The summed E-state index contributed by atoms with van der Waals surface area (Å²) in [5.41, 5.74) is 2.85. The second-order valence-corrected chi connectivity index (χ2v) is 5.17. The van der Waals surface area contributed by atoms with Crippen molar-refractivity contribution in [3.05, 3.63) is 51.9 Å². The summed E-state index contributed by atoms with van der Waals surface area (Å²) in [4.78, 5) is 19.0. The van der Waals surface area contributed by atoms with Crippen LogP contribution in [0.15, 0.2) is 35.1 Å². The standard InChI is InChI=1S/C16H21N3O/c1-4-12-5-7-13(8-6-12)16-18-14(9-15(20)19-16)10-17-11(2)3/h5-9,11,17H,4,10H2,1-3H3,(H,18,19,20). The number of hydrogen-bond acceptors (Lipinski definition) is 3. The van der Waals surface area contributed by atoms with E-state index in [1.165, 1.54) is 5.56 Å². The Hall–Kier alpha value is -1.94.